The summed E-state index contributed by atoms with van der Waals surface area (Å²) in [5.74, 6) is -3.52. The molecule has 34 heavy (non-hydrogen) atoms. The normalized spacial score (nSPS) is 15.5. The fraction of sp³-hybridized carbons (Fsp3) is 0.375. The van der Waals surface area contributed by atoms with E-state index >= 15 is 0 Å². The molecule has 0 N–H and O–H groups in total. The minimum Gasteiger partial charge on any atom is -0.543 e. The molecule has 0 aliphatic carbocycles. The van der Waals surface area contributed by atoms with E-state index in [2.05, 4.69) is 41.1 Å². The number of rotatable bonds is 8. The molecule has 1 aliphatic rings. The molecule has 0 saturated carbocycles. The van der Waals surface area contributed by atoms with Crippen molar-refractivity contribution in [1.29, 1.82) is 0 Å². The van der Waals surface area contributed by atoms with Gasteiger partial charge in [0.25, 0.3) is 0 Å². The standard InChI is InChI=1S/C22H26ClN3OS.C2H2O4/c1-25(22-24-20-9-2-3-10-21(20)28-22)18-11-13-26(16-18)12-4-5-14-27-19-8-6-7-17(23)15-19;3-1(4)2(5)6/h2-3,6-10,15,18H,4-5,11-14,16H2,1H3;(H,3,4)(H,5,6)/p-2. The lowest BCUT2D eigenvalue weighted by atomic mass is 10.2. The Labute approximate surface area is 207 Å². The summed E-state index contributed by atoms with van der Waals surface area (Å²) in [5, 5.41) is 19.7. The van der Waals surface area contributed by atoms with Crippen LogP contribution in [0.1, 0.15) is 19.3 Å². The van der Waals surface area contributed by atoms with E-state index in [0.29, 0.717) is 6.04 Å². The zero-order valence-electron chi connectivity index (χ0n) is 18.8. The molecule has 1 aliphatic heterocycles. The Bertz CT molecular complexity index is 1060. The van der Waals surface area contributed by atoms with Crippen LogP contribution in [-0.2, 0) is 9.59 Å². The Morgan fingerprint density at radius 1 is 1.18 bits per heavy atom. The van der Waals surface area contributed by atoms with Gasteiger partial charge in [-0.2, -0.15) is 0 Å². The van der Waals surface area contributed by atoms with Crippen LogP contribution in [0.2, 0.25) is 5.02 Å². The fourth-order valence-corrected chi connectivity index (χ4v) is 4.86. The number of benzene rings is 2. The first-order chi connectivity index (χ1) is 16.3. The minimum absolute atomic E-state index is 0.545. The van der Waals surface area contributed by atoms with Gasteiger partial charge in [-0.05, 0) is 56.1 Å². The van der Waals surface area contributed by atoms with Crippen molar-refractivity contribution in [3.05, 3.63) is 53.6 Å². The van der Waals surface area contributed by atoms with Gasteiger partial charge in [-0.1, -0.05) is 41.1 Å². The number of anilines is 1. The Hall–Kier alpha value is -2.88. The summed E-state index contributed by atoms with van der Waals surface area (Å²) in [6.45, 7) is 4.14. The van der Waals surface area contributed by atoms with E-state index in [1.807, 2.05) is 24.3 Å². The second-order valence-electron chi connectivity index (χ2n) is 7.91. The van der Waals surface area contributed by atoms with Crippen LogP contribution in [0.25, 0.3) is 10.2 Å². The van der Waals surface area contributed by atoms with Gasteiger partial charge in [0.1, 0.15) is 5.75 Å². The zero-order valence-corrected chi connectivity index (χ0v) is 20.4. The van der Waals surface area contributed by atoms with Gasteiger partial charge in [-0.25, -0.2) is 4.98 Å². The maximum Gasteiger partial charge on any atom is 0.186 e. The number of carbonyl (C=O) groups is 2. The molecular formula is C24H26ClN3O5S-2. The van der Waals surface area contributed by atoms with Crippen molar-refractivity contribution in [2.45, 2.75) is 25.3 Å². The summed E-state index contributed by atoms with van der Waals surface area (Å²) < 4.78 is 7.04. The van der Waals surface area contributed by atoms with Gasteiger partial charge in [0, 0.05) is 31.2 Å². The highest BCUT2D eigenvalue weighted by molar-refractivity contribution is 7.22. The third-order valence-corrected chi connectivity index (χ3v) is 6.84. The van der Waals surface area contributed by atoms with Crippen LogP contribution in [0.3, 0.4) is 0 Å². The second-order valence-corrected chi connectivity index (χ2v) is 9.35. The van der Waals surface area contributed by atoms with Gasteiger partial charge in [-0.15, -0.1) is 0 Å². The molecule has 2 aromatic carbocycles. The maximum atomic E-state index is 8.93. The van der Waals surface area contributed by atoms with Crippen LogP contribution >= 0.6 is 22.9 Å². The van der Waals surface area contributed by atoms with Crippen LogP contribution in [-0.4, -0.2) is 61.2 Å². The predicted molar refractivity (Wildman–Crippen MR) is 129 cm³/mol. The van der Waals surface area contributed by atoms with Crippen molar-refractivity contribution >= 4 is 50.2 Å². The monoisotopic (exact) mass is 503 g/mol. The van der Waals surface area contributed by atoms with E-state index in [4.69, 9.17) is 41.1 Å². The van der Waals surface area contributed by atoms with Crippen molar-refractivity contribution in [1.82, 2.24) is 9.88 Å². The number of carbonyl (C=O) groups excluding carboxylic acids is 2. The molecular weight excluding hydrogens is 478 g/mol. The van der Waals surface area contributed by atoms with Gasteiger partial charge in [0.05, 0.1) is 28.8 Å². The van der Waals surface area contributed by atoms with E-state index in [-0.39, 0.29) is 0 Å². The SMILES string of the molecule is CN(c1nc2ccccc2s1)C1CCN(CCCCOc2cccc(Cl)c2)C1.O=C([O-])C(=O)[O-]. The first-order valence-corrected chi connectivity index (χ1v) is 12.1. The number of likely N-dealkylation sites (N-methyl/N-ethyl adjacent to an activating group) is 1. The Morgan fingerprint density at radius 2 is 1.94 bits per heavy atom. The topological polar surface area (TPSA) is 109 Å². The van der Waals surface area contributed by atoms with Gasteiger partial charge < -0.3 is 34.3 Å². The van der Waals surface area contributed by atoms with E-state index in [9.17, 15) is 0 Å². The highest BCUT2D eigenvalue weighted by Gasteiger charge is 2.27. The molecule has 0 bridgehead atoms. The van der Waals surface area contributed by atoms with Crippen molar-refractivity contribution < 1.29 is 24.5 Å². The Balaban J connectivity index is 0.000000481. The number of hydrogen-bond acceptors (Lipinski definition) is 9. The molecule has 4 rings (SSSR count). The van der Waals surface area contributed by atoms with Gasteiger partial charge in [0.15, 0.2) is 5.13 Å². The van der Waals surface area contributed by atoms with E-state index < -0.39 is 11.9 Å². The first-order valence-electron chi connectivity index (χ1n) is 10.9. The largest absolute Gasteiger partial charge is 0.543 e. The summed E-state index contributed by atoms with van der Waals surface area (Å²) in [6.07, 6.45) is 3.41. The number of thiazole rings is 1. The number of ether oxygens (including phenoxy) is 1. The minimum atomic E-state index is -2.19. The van der Waals surface area contributed by atoms with Crippen molar-refractivity contribution in [2.75, 3.05) is 38.2 Å². The number of likely N-dealkylation sites (tertiary alicyclic amines) is 1. The molecule has 8 nitrogen and oxygen atoms in total. The summed E-state index contributed by atoms with van der Waals surface area (Å²) in [4.78, 5) is 27.6. The van der Waals surface area contributed by atoms with Crippen LogP contribution in [0.4, 0.5) is 5.13 Å². The lowest BCUT2D eigenvalue weighted by Crippen LogP contribution is -2.42. The number of aliphatic carboxylic acids is 2. The molecule has 0 spiro atoms. The van der Waals surface area contributed by atoms with Crippen LogP contribution < -0.4 is 19.8 Å². The average Bonchev–Trinajstić information content (AvgIpc) is 3.46. The van der Waals surface area contributed by atoms with Crippen LogP contribution in [0.15, 0.2) is 48.5 Å². The summed E-state index contributed by atoms with van der Waals surface area (Å²) in [5.41, 5.74) is 1.10. The van der Waals surface area contributed by atoms with Crippen LogP contribution in [0.5, 0.6) is 5.75 Å². The number of fused-ring (bicyclic) bond motifs is 1. The third kappa shape index (κ3) is 7.58. The van der Waals surface area contributed by atoms with Crippen molar-refractivity contribution in [3.63, 3.8) is 0 Å². The summed E-state index contributed by atoms with van der Waals surface area (Å²) >= 11 is 7.77. The van der Waals surface area contributed by atoms with Gasteiger partial charge in [-0.3, -0.25) is 0 Å². The van der Waals surface area contributed by atoms with Crippen molar-refractivity contribution in [3.8, 4) is 5.75 Å². The number of halogens is 1. The predicted octanol–water partition coefficient (Wildman–Crippen LogP) is 1.81. The lowest BCUT2D eigenvalue weighted by Gasteiger charge is -2.24. The zero-order chi connectivity index (χ0) is 24.5. The molecule has 10 heteroatoms. The van der Waals surface area contributed by atoms with E-state index in [0.717, 1.165) is 60.5 Å². The number of unbranched alkanes of at least 4 members (excludes halogenated alkanes) is 1. The highest BCUT2D eigenvalue weighted by atomic mass is 35.5. The highest BCUT2D eigenvalue weighted by Crippen LogP contribution is 2.30. The fourth-order valence-electron chi connectivity index (χ4n) is 3.68. The molecule has 1 atom stereocenters. The first kappa shape index (κ1) is 25.7. The number of para-hydroxylation sites is 1. The number of carboxylic acids is 2. The van der Waals surface area contributed by atoms with E-state index in [1.54, 1.807) is 11.3 Å². The van der Waals surface area contributed by atoms with Gasteiger partial charge in [0.2, 0.25) is 0 Å². The number of hydrogen-bond donors (Lipinski definition) is 0. The summed E-state index contributed by atoms with van der Waals surface area (Å²) in [7, 11) is 2.19. The number of carboxylic acid groups (broad SMARTS) is 2. The Kier molecular flexibility index (Phi) is 9.50. The molecule has 0 amide bonds. The summed E-state index contributed by atoms with van der Waals surface area (Å²) in [6, 6.07) is 16.5. The van der Waals surface area contributed by atoms with Crippen molar-refractivity contribution in [2.24, 2.45) is 0 Å². The number of aromatic nitrogens is 1. The molecule has 3 aromatic rings. The Morgan fingerprint density at radius 3 is 2.65 bits per heavy atom. The van der Waals surface area contributed by atoms with Crippen LogP contribution in [0, 0.1) is 0 Å². The molecule has 1 unspecified atom stereocenters. The second kappa shape index (κ2) is 12.5. The average molecular weight is 504 g/mol. The number of nitrogens with zero attached hydrogens (tertiary/aromatic N) is 3. The smallest absolute Gasteiger partial charge is 0.186 e. The molecule has 1 saturated heterocycles. The molecule has 2 heterocycles. The molecule has 182 valence electrons. The quantitative estimate of drug-likeness (QED) is 0.338. The molecule has 1 fully saturated rings. The molecule has 0 radical (unpaired) electrons. The lowest BCUT2D eigenvalue weighted by molar-refractivity contribution is -0.345. The van der Waals surface area contributed by atoms with Gasteiger partial charge >= 0.3 is 0 Å². The third-order valence-electron chi connectivity index (χ3n) is 5.48. The van der Waals surface area contributed by atoms with E-state index in [1.165, 1.54) is 11.1 Å². The molecule has 1 aromatic heterocycles. The maximum absolute atomic E-state index is 8.93.